The molecule has 1 aliphatic heterocycles. The molecule has 2 rings (SSSR count). The van der Waals surface area contributed by atoms with E-state index < -0.39 is 0 Å². The minimum Gasteiger partial charge on any atom is -0.398 e. The van der Waals surface area contributed by atoms with E-state index in [9.17, 15) is 4.79 Å². The number of benzene rings is 1. The molecule has 0 saturated carbocycles. The van der Waals surface area contributed by atoms with Gasteiger partial charge in [0.2, 0.25) is 0 Å². The topological polar surface area (TPSA) is 64.4 Å². The van der Waals surface area contributed by atoms with Gasteiger partial charge < -0.3 is 15.8 Å². The Kier molecular flexibility index (Phi) is 3.33. The minimum absolute atomic E-state index is 0.129. The van der Waals surface area contributed by atoms with E-state index in [-0.39, 0.29) is 11.4 Å². The lowest BCUT2D eigenvalue weighted by Crippen LogP contribution is -2.51. The first-order valence-electron chi connectivity index (χ1n) is 5.85. The molecule has 3 N–H and O–H groups in total. The first kappa shape index (κ1) is 11.9. The molecule has 0 bridgehead atoms. The predicted octanol–water partition coefficient (Wildman–Crippen LogP) is 1.57. The molecule has 0 aliphatic carbocycles. The van der Waals surface area contributed by atoms with Crippen molar-refractivity contribution in [2.45, 2.75) is 25.3 Å². The molecule has 0 spiro atoms. The zero-order valence-electron chi connectivity index (χ0n) is 10.0. The summed E-state index contributed by atoms with van der Waals surface area (Å²) in [5.74, 6) is -0.129. The highest BCUT2D eigenvalue weighted by Crippen LogP contribution is 2.20. The summed E-state index contributed by atoms with van der Waals surface area (Å²) in [6.07, 6.45) is 1.91. The first-order valence-corrected chi connectivity index (χ1v) is 5.85. The Morgan fingerprint density at radius 2 is 2.24 bits per heavy atom. The minimum atomic E-state index is -0.280. The highest BCUT2D eigenvalue weighted by molar-refractivity contribution is 5.99. The number of anilines is 1. The fourth-order valence-corrected chi connectivity index (χ4v) is 2.08. The van der Waals surface area contributed by atoms with Gasteiger partial charge in [0.15, 0.2) is 0 Å². The van der Waals surface area contributed by atoms with Crippen molar-refractivity contribution in [3.05, 3.63) is 29.8 Å². The SMILES string of the molecule is CC1(NC(=O)c2ccccc2N)CCCOC1. The summed E-state index contributed by atoms with van der Waals surface area (Å²) in [6.45, 7) is 3.34. The number of rotatable bonds is 2. The Balaban J connectivity index is 2.09. The highest BCUT2D eigenvalue weighted by atomic mass is 16.5. The Morgan fingerprint density at radius 1 is 1.47 bits per heavy atom. The van der Waals surface area contributed by atoms with Crippen LogP contribution in [0, 0.1) is 0 Å². The van der Waals surface area contributed by atoms with Gasteiger partial charge in [0.1, 0.15) is 0 Å². The Labute approximate surface area is 101 Å². The molecule has 0 radical (unpaired) electrons. The average molecular weight is 234 g/mol. The Hall–Kier alpha value is -1.55. The van der Waals surface area contributed by atoms with Gasteiger partial charge in [0, 0.05) is 12.3 Å². The molecule has 1 fully saturated rings. The number of nitrogens with two attached hydrogens (primary N) is 1. The molecule has 1 aromatic carbocycles. The van der Waals surface area contributed by atoms with Crippen molar-refractivity contribution >= 4 is 11.6 Å². The van der Waals surface area contributed by atoms with Crippen LogP contribution >= 0.6 is 0 Å². The molecule has 1 saturated heterocycles. The lowest BCUT2D eigenvalue weighted by atomic mass is 9.94. The van der Waals surface area contributed by atoms with E-state index in [1.54, 1.807) is 12.1 Å². The normalized spacial score (nSPS) is 24.3. The molecule has 1 amide bonds. The molecule has 0 aromatic heterocycles. The molecule has 1 heterocycles. The van der Waals surface area contributed by atoms with Gasteiger partial charge in [-0.15, -0.1) is 0 Å². The van der Waals surface area contributed by atoms with Crippen molar-refractivity contribution in [2.24, 2.45) is 0 Å². The van der Waals surface area contributed by atoms with E-state index in [4.69, 9.17) is 10.5 Å². The van der Waals surface area contributed by atoms with E-state index in [1.807, 2.05) is 19.1 Å². The summed E-state index contributed by atoms with van der Waals surface area (Å²) in [5.41, 5.74) is 6.53. The third-order valence-corrected chi connectivity index (χ3v) is 3.06. The number of ether oxygens (including phenoxy) is 1. The number of para-hydroxylation sites is 1. The second-order valence-corrected chi connectivity index (χ2v) is 4.76. The average Bonchev–Trinajstić information content (AvgIpc) is 2.29. The quantitative estimate of drug-likeness (QED) is 0.763. The summed E-state index contributed by atoms with van der Waals surface area (Å²) >= 11 is 0. The number of carbonyl (C=O) groups is 1. The number of hydrogen-bond acceptors (Lipinski definition) is 3. The van der Waals surface area contributed by atoms with Gasteiger partial charge in [-0.3, -0.25) is 4.79 Å². The molecular formula is C13H18N2O2. The second kappa shape index (κ2) is 4.75. The number of nitrogen functional groups attached to an aromatic ring is 1. The standard InChI is InChI=1S/C13H18N2O2/c1-13(7-4-8-17-9-13)15-12(16)10-5-2-3-6-11(10)14/h2-3,5-6H,4,7-9,14H2,1H3,(H,15,16). The van der Waals surface area contributed by atoms with Gasteiger partial charge in [-0.25, -0.2) is 0 Å². The van der Waals surface area contributed by atoms with E-state index in [0.717, 1.165) is 19.4 Å². The number of carbonyl (C=O) groups excluding carboxylic acids is 1. The molecule has 1 aromatic rings. The van der Waals surface area contributed by atoms with Crippen molar-refractivity contribution in [2.75, 3.05) is 18.9 Å². The van der Waals surface area contributed by atoms with E-state index in [2.05, 4.69) is 5.32 Å². The van der Waals surface area contributed by atoms with Crippen LogP contribution in [0.5, 0.6) is 0 Å². The lowest BCUT2D eigenvalue weighted by molar-refractivity contribution is 0.0273. The Morgan fingerprint density at radius 3 is 2.88 bits per heavy atom. The van der Waals surface area contributed by atoms with Crippen molar-refractivity contribution in [1.29, 1.82) is 0 Å². The van der Waals surface area contributed by atoms with Gasteiger partial charge in [0.05, 0.1) is 17.7 Å². The summed E-state index contributed by atoms with van der Waals surface area (Å²) < 4.78 is 5.41. The monoisotopic (exact) mass is 234 g/mol. The summed E-state index contributed by atoms with van der Waals surface area (Å²) in [7, 11) is 0. The number of amides is 1. The van der Waals surface area contributed by atoms with Gasteiger partial charge >= 0.3 is 0 Å². The fraction of sp³-hybridized carbons (Fsp3) is 0.462. The molecule has 1 unspecified atom stereocenters. The third-order valence-electron chi connectivity index (χ3n) is 3.06. The molecule has 1 atom stereocenters. The molecular weight excluding hydrogens is 216 g/mol. The molecule has 4 heteroatoms. The Bertz CT molecular complexity index is 412. The lowest BCUT2D eigenvalue weighted by Gasteiger charge is -2.34. The number of nitrogens with one attached hydrogen (secondary N) is 1. The summed E-state index contributed by atoms with van der Waals surface area (Å²) in [4.78, 5) is 12.1. The summed E-state index contributed by atoms with van der Waals surface area (Å²) in [5, 5.41) is 3.01. The fourth-order valence-electron chi connectivity index (χ4n) is 2.08. The van der Waals surface area contributed by atoms with Crippen LogP contribution in [0.2, 0.25) is 0 Å². The molecule has 4 nitrogen and oxygen atoms in total. The molecule has 17 heavy (non-hydrogen) atoms. The van der Waals surface area contributed by atoms with Crippen LogP contribution in [-0.4, -0.2) is 24.7 Å². The number of hydrogen-bond donors (Lipinski definition) is 2. The van der Waals surface area contributed by atoms with Crippen LogP contribution in [0.3, 0.4) is 0 Å². The zero-order chi connectivity index (χ0) is 12.3. The van der Waals surface area contributed by atoms with Crippen molar-refractivity contribution in [3.8, 4) is 0 Å². The van der Waals surface area contributed by atoms with E-state index >= 15 is 0 Å². The smallest absolute Gasteiger partial charge is 0.253 e. The van der Waals surface area contributed by atoms with Crippen LogP contribution in [0.25, 0.3) is 0 Å². The first-order chi connectivity index (χ1) is 8.11. The van der Waals surface area contributed by atoms with Crippen molar-refractivity contribution in [3.63, 3.8) is 0 Å². The van der Waals surface area contributed by atoms with Crippen LogP contribution in [0.15, 0.2) is 24.3 Å². The highest BCUT2D eigenvalue weighted by Gasteiger charge is 2.29. The molecule has 92 valence electrons. The molecule has 1 aliphatic rings. The van der Waals surface area contributed by atoms with Gasteiger partial charge in [-0.2, -0.15) is 0 Å². The van der Waals surface area contributed by atoms with Gasteiger partial charge in [-0.1, -0.05) is 12.1 Å². The van der Waals surface area contributed by atoms with Crippen molar-refractivity contribution in [1.82, 2.24) is 5.32 Å². The van der Waals surface area contributed by atoms with Crippen LogP contribution in [0.1, 0.15) is 30.1 Å². The summed E-state index contributed by atoms with van der Waals surface area (Å²) in [6, 6.07) is 7.09. The van der Waals surface area contributed by atoms with Crippen LogP contribution in [-0.2, 0) is 4.74 Å². The predicted molar refractivity (Wildman–Crippen MR) is 66.8 cm³/mol. The van der Waals surface area contributed by atoms with Crippen LogP contribution in [0.4, 0.5) is 5.69 Å². The maximum Gasteiger partial charge on any atom is 0.253 e. The maximum atomic E-state index is 12.1. The maximum absolute atomic E-state index is 12.1. The van der Waals surface area contributed by atoms with Crippen LogP contribution < -0.4 is 11.1 Å². The van der Waals surface area contributed by atoms with E-state index in [1.165, 1.54) is 0 Å². The third kappa shape index (κ3) is 2.77. The zero-order valence-corrected chi connectivity index (χ0v) is 10.0. The largest absolute Gasteiger partial charge is 0.398 e. The van der Waals surface area contributed by atoms with Crippen molar-refractivity contribution < 1.29 is 9.53 Å². The van der Waals surface area contributed by atoms with Gasteiger partial charge in [-0.05, 0) is 31.9 Å². The van der Waals surface area contributed by atoms with E-state index in [0.29, 0.717) is 17.9 Å². The van der Waals surface area contributed by atoms with Gasteiger partial charge in [0.25, 0.3) is 5.91 Å². The second-order valence-electron chi connectivity index (χ2n) is 4.76.